The predicted molar refractivity (Wildman–Crippen MR) is 108 cm³/mol. The highest BCUT2D eigenvalue weighted by atomic mass is 16.1. The third-order valence-corrected chi connectivity index (χ3v) is 4.98. The van der Waals surface area contributed by atoms with E-state index >= 15 is 0 Å². The Morgan fingerprint density at radius 3 is 2.61 bits per heavy atom. The molecule has 1 N–H and O–H groups in total. The highest BCUT2D eigenvalue weighted by molar-refractivity contribution is 5.95. The van der Waals surface area contributed by atoms with E-state index in [0.717, 1.165) is 36.0 Å². The van der Waals surface area contributed by atoms with Crippen molar-refractivity contribution >= 4 is 11.7 Å². The molecular weight excluding hydrogens is 352 g/mol. The molecule has 0 atom stereocenters. The van der Waals surface area contributed by atoms with E-state index in [2.05, 4.69) is 25.3 Å². The SMILES string of the molecule is Cc1cc(N2CCCC2)nc(CNC(=O)c2cnn(-c3ccccc3)c2C)n1. The van der Waals surface area contributed by atoms with Gasteiger partial charge >= 0.3 is 0 Å². The van der Waals surface area contributed by atoms with Crippen LogP contribution >= 0.6 is 0 Å². The summed E-state index contributed by atoms with van der Waals surface area (Å²) in [5.41, 5.74) is 3.19. The van der Waals surface area contributed by atoms with Crippen LogP contribution in [0, 0.1) is 13.8 Å². The Morgan fingerprint density at radius 2 is 1.86 bits per heavy atom. The van der Waals surface area contributed by atoms with E-state index < -0.39 is 0 Å². The van der Waals surface area contributed by atoms with Crippen LogP contribution < -0.4 is 10.2 Å². The fraction of sp³-hybridized carbons (Fsp3) is 0.333. The van der Waals surface area contributed by atoms with Gasteiger partial charge in [0.15, 0.2) is 0 Å². The molecule has 28 heavy (non-hydrogen) atoms. The maximum atomic E-state index is 12.7. The molecule has 0 bridgehead atoms. The van der Waals surface area contributed by atoms with Gasteiger partial charge in [-0.2, -0.15) is 5.10 Å². The second-order valence-electron chi connectivity index (χ2n) is 7.05. The molecule has 1 aliphatic rings. The van der Waals surface area contributed by atoms with Crippen molar-refractivity contribution in [2.24, 2.45) is 0 Å². The topological polar surface area (TPSA) is 75.9 Å². The zero-order valence-electron chi connectivity index (χ0n) is 16.2. The second-order valence-corrected chi connectivity index (χ2v) is 7.05. The first-order chi connectivity index (χ1) is 13.6. The number of aromatic nitrogens is 4. The van der Waals surface area contributed by atoms with E-state index in [1.54, 1.807) is 10.9 Å². The summed E-state index contributed by atoms with van der Waals surface area (Å²) >= 11 is 0. The van der Waals surface area contributed by atoms with Gasteiger partial charge in [0.1, 0.15) is 11.6 Å². The maximum absolute atomic E-state index is 12.7. The second kappa shape index (κ2) is 7.80. The summed E-state index contributed by atoms with van der Waals surface area (Å²) < 4.78 is 1.77. The summed E-state index contributed by atoms with van der Waals surface area (Å²) in [6.07, 6.45) is 3.99. The Bertz CT molecular complexity index is 976. The van der Waals surface area contributed by atoms with Gasteiger partial charge < -0.3 is 10.2 Å². The standard InChI is InChI=1S/C21H24N6O/c1-15-12-20(26-10-6-7-11-26)25-19(24-15)14-22-21(28)18-13-23-27(16(18)2)17-8-4-3-5-9-17/h3-5,8-9,12-13H,6-7,10-11,14H2,1-2H3,(H,22,28). The third-order valence-electron chi connectivity index (χ3n) is 4.98. The maximum Gasteiger partial charge on any atom is 0.255 e. The minimum atomic E-state index is -0.174. The molecule has 7 nitrogen and oxygen atoms in total. The molecule has 1 saturated heterocycles. The van der Waals surface area contributed by atoms with Crippen molar-refractivity contribution in [2.45, 2.75) is 33.2 Å². The van der Waals surface area contributed by atoms with Gasteiger partial charge in [-0.25, -0.2) is 14.6 Å². The largest absolute Gasteiger partial charge is 0.357 e. The molecule has 0 unspecified atom stereocenters. The van der Waals surface area contributed by atoms with Crippen molar-refractivity contribution in [1.29, 1.82) is 0 Å². The fourth-order valence-corrected chi connectivity index (χ4v) is 3.52. The van der Waals surface area contributed by atoms with E-state index in [4.69, 9.17) is 0 Å². The predicted octanol–water partition coefficient (Wildman–Crippen LogP) is 2.81. The molecule has 0 aliphatic carbocycles. The van der Waals surface area contributed by atoms with Crippen LogP contribution in [0.15, 0.2) is 42.6 Å². The number of benzene rings is 1. The number of aryl methyl sites for hydroxylation is 1. The summed E-state index contributed by atoms with van der Waals surface area (Å²) in [4.78, 5) is 24.1. The van der Waals surface area contributed by atoms with Crippen molar-refractivity contribution in [1.82, 2.24) is 25.1 Å². The lowest BCUT2D eigenvalue weighted by Gasteiger charge is -2.17. The van der Waals surface area contributed by atoms with Crippen LogP contribution in [0.3, 0.4) is 0 Å². The molecule has 1 fully saturated rings. The molecular formula is C21H24N6O. The summed E-state index contributed by atoms with van der Waals surface area (Å²) in [7, 11) is 0. The molecule has 2 aromatic heterocycles. The Hall–Kier alpha value is -3.22. The number of para-hydroxylation sites is 1. The number of nitrogens with one attached hydrogen (secondary N) is 1. The highest BCUT2D eigenvalue weighted by Crippen LogP contribution is 2.19. The highest BCUT2D eigenvalue weighted by Gasteiger charge is 2.17. The van der Waals surface area contributed by atoms with Gasteiger partial charge in [-0.1, -0.05) is 18.2 Å². The lowest BCUT2D eigenvalue weighted by Crippen LogP contribution is -2.26. The number of amides is 1. The molecule has 1 amide bonds. The first kappa shape index (κ1) is 18.2. The first-order valence-electron chi connectivity index (χ1n) is 9.59. The van der Waals surface area contributed by atoms with Crippen LogP contribution in [0.1, 0.15) is 40.4 Å². The van der Waals surface area contributed by atoms with Crippen molar-refractivity contribution in [3.05, 3.63) is 65.4 Å². The molecule has 1 aliphatic heterocycles. The van der Waals surface area contributed by atoms with Crippen molar-refractivity contribution < 1.29 is 4.79 Å². The molecule has 4 rings (SSSR count). The Kier molecular flexibility index (Phi) is 5.06. The minimum Gasteiger partial charge on any atom is -0.357 e. The average molecular weight is 376 g/mol. The molecule has 144 valence electrons. The monoisotopic (exact) mass is 376 g/mol. The summed E-state index contributed by atoms with van der Waals surface area (Å²) in [5, 5.41) is 7.29. The quantitative estimate of drug-likeness (QED) is 0.741. The van der Waals surface area contributed by atoms with Crippen LogP contribution in [-0.2, 0) is 6.54 Å². The Labute approximate surface area is 164 Å². The van der Waals surface area contributed by atoms with Crippen LogP contribution in [0.25, 0.3) is 5.69 Å². The minimum absolute atomic E-state index is 0.174. The van der Waals surface area contributed by atoms with Gasteiger partial charge in [-0.3, -0.25) is 4.79 Å². The van der Waals surface area contributed by atoms with Gasteiger partial charge in [0.2, 0.25) is 0 Å². The average Bonchev–Trinajstić information content (AvgIpc) is 3.36. The molecule has 3 heterocycles. The smallest absolute Gasteiger partial charge is 0.255 e. The number of carbonyl (C=O) groups excluding carboxylic acids is 1. The molecule has 0 radical (unpaired) electrons. The zero-order valence-corrected chi connectivity index (χ0v) is 16.2. The Balaban J connectivity index is 1.47. The number of hydrogen-bond donors (Lipinski definition) is 1. The van der Waals surface area contributed by atoms with Gasteiger partial charge in [0, 0.05) is 24.8 Å². The first-order valence-corrected chi connectivity index (χ1v) is 9.59. The zero-order chi connectivity index (χ0) is 19.5. The number of hydrogen-bond acceptors (Lipinski definition) is 5. The van der Waals surface area contributed by atoms with Gasteiger partial charge in [0.05, 0.1) is 29.7 Å². The van der Waals surface area contributed by atoms with Gasteiger partial charge in [-0.15, -0.1) is 0 Å². The lowest BCUT2D eigenvalue weighted by atomic mass is 10.2. The van der Waals surface area contributed by atoms with E-state index in [1.807, 2.05) is 50.2 Å². The molecule has 0 spiro atoms. The van der Waals surface area contributed by atoms with Crippen LogP contribution in [0.4, 0.5) is 5.82 Å². The lowest BCUT2D eigenvalue weighted by molar-refractivity contribution is 0.0949. The van der Waals surface area contributed by atoms with E-state index in [-0.39, 0.29) is 12.5 Å². The van der Waals surface area contributed by atoms with Crippen molar-refractivity contribution in [3.8, 4) is 5.69 Å². The van der Waals surface area contributed by atoms with Crippen LogP contribution in [-0.4, -0.2) is 38.7 Å². The Morgan fingerprint density at radius 1 is 1.11 bits per heavy atom. The number of carbonyl (C=O) groups is 1. The molecule has 1 aromatic carbocycles. The molecule has 0 saturated carbocycles. The summed E-state index contributed by atoms with van der Waals surface area (Å²) in [6.45, 7) is 6.20. The van der Waals surface area contributed by atoms with E-state index in [9.17, 15) is 4.79 Å². The third kappa shape index (κ3) is 3.74. The van der Waals surface area contributed by atoms with Gasteiger partial charge in [-0.05, 0) is 38.8 Å². The van der Waals surface area contributed by atoms with Gasteiger partial charge in [0.25, 0.3) is 5.91 Å². The summed E-state index contributed by atoms with van der Waals surface area (Å²) in [5.74, 6) is 1.40. The normalized spacial score (nSPS) is 13.7. The van der Waals surface area contributed by atoms with E-state index in [0.29, 0.717) is 11.4 Å². The molecule has 7 heteroatoms. The number of nitrogens with zero attached hydrogens (tertiary/aromatic N) is 5. The van der Waals surface area contributed by atoms with Crippen LogP contribution in [0.2, 0.25) is 0 Å². The summed E-state index contributed by atoms with van der Waals surface area (Å²) in [6, 6.07) is 11.8. The van der Waals surface area contributed by atoms with Crippen molar-refractivity contribution in [2.75, 3.05) is 18.0 Å². The number of anilines is 1. The number of rotatable bonds is 5. The fourth-order valence-electron chi connectivity index (χ4n) is 3.52. The van der Waals surface area contributed by atoms with Crippen LogP contribution in [0.5, 0.6) is 0 Å². The van der Waals surface area contributed by atoms with E-state index in [1.165, 1.54) is 12.8 Å². The van der Waals surface area contributed by atoms with Crippen molar-refractivity contribution in [3.63, 3.8) is 0 Å². The molecule has 3 aromatic rings.